The van der Waals surface area contributed by atoms with E-state index in [1.807, 2.05) is 13.8 Å². The highest BCUT2D eigenvalue weighted by molar-refractivity contribution is 7.94. The third kappa shape index (κ3) is 11.5. The molecule has 0 amide bonds. The van der Waals surface area contributed by atoms with Crippen LogP contribution in [0.15, 0.2) is 23.1 Å². The van der Waals surface area contributed by atoms with Gasteiger partial charge in [-0.1, -0.05) is 83.1 Å². The Morgan fingerprint density at radius 3 is 1.58 bits per heavy atom. The van der Waals surface area contributed by atoms with Crippen molar-refractivity contribution in [2.45, 2.75) is 144 Å². The number of hydrogen-bond acceptors (Lipinski definition) is 6. The second-order valence-electron chi connectivity index (χ2n) is 12.2. The Morgan fingerprint density at radius 1 is 0.604 bits per heavy atom. The summed E-state index contributed by atoms with van der Waals surface area (Å²) < 4.78 is 235. The number of ether oxygens (including phenoxy) is 2. The average Bonchev–Trinajstić information content (AvgIpc) is 3.07. The molecule has 0 aliphatic rings. The van der Waals surface area contributed by atoms with Crippen molar-refractivity contribution in [3.8, 4) is 11.5 Å². The molecule has 0 saturated carbocycles. The molecule has 1 aromatic carbocycles. The Kier molecular flexibility index (Phi) is 18.7. The summed E-state index contributed by atoms with van der Waals surface area (Å²) in [5, 5.41) is 11.8. The molecule has 53 heavy (non-hydrogen) atoms. The molecule has 1 unspecified atom stereocenters. The zero-order valence-electron chi connectivity index (χ0n) is 28.3. The number of halogens is 16. The Morgan fingerprint density at radius 2 is 1.08 bits per heavy atom. The number of alkyl halides is 16. The third-order valence-corrected chi connectivity index (χ3v) is 8.70. The van der Waals surface area contributed by atoms with Crippen LogP contribution in [0.25, 0.3) is 0 Å². The van der Waals surface area contributed by atoms with E-state index in [1.165, 1.54) is 0 Å². The lowest BCUT2D eigenvalue weighted by atomic mass is 9.89. The largest absolute Gasteiger partial charge is 0.489 e. The van der Waals surface area contributed by atoms with Gasteiger partial charge in [-0.3, -0.25) is 0 Å². The number of hydrogen-bond donors (Lipinski definition) is 1. The minimum absolute atomic E-state index is 0.0520. The zero-order valence-corrected chi connectivity index (χ0v) is 29.1. The van der Waals surface area contributed by atoms with Gasteiger partial charge in [0.05, 0.1) is 18.6 Å². The molecule has 5 nitrogen and oxygen atoms in total. The van der Waals surface area contributed by atoms with Crippen LogP contribution in [0, 0.1) is 5.92 Å². The lowest BCUT2D eigenvalue weighted by Gasteiger charge is -2.42. The van der Waals surface area contributed by atoms with E-state index >= 15 is 0 Å². The van der Waals surface area contributed by atoms with Crippen molar-refractivity contribution < 1.29 is 94.3 Å². The molecule has 0 fully saturated rings. The molecule has 22 heteroatoms. The van der Waals surface area contributed by atoms with Gasteiger partial charge in [0.15, 0.2) is 18.1 Å². The van der Waals surface area contributed by atoms with Crippen LogP contribution < -0.4 is 9.47 Å². The number of unbranched alkanes of at least 4 members (excludes halogenated alkanes) is 8. The van der Waals surface area contributed by atoms with Crippen molar-refractivity contribution in [2.24, 2.45) is 5.92 Å². The quantitative estimate of drug-likeness (QED) is 0.0299. The maximum absolute atomic E-state index is 14.6. The molecule has 1 atom stereocenters. The van der Waals surface area contributed by atoms with E-state index in [2.05, 4.69) is 14.1 Å². The lowest BCUT2D eigenvalue weighted by Crippen LogP contribution is -2.74. The second kappa shape index (κ2) is 20.2. The smallest absolute Gasteiger partial charge is 0.385 e. The second-order valence-corrected chi connectivity index (χ2v) is 13.0. The minimum Gasteiger partial charge on any atom is -0.489 e. The summed E-state index contributed by atoms with van der Waals surface area (Å²) in [4.78, 5) is -0.0520. The van der Waals surface area contributed by atoms with Crippen molar-refractivity contribution in [3.05, 3.63) is 18.2 Å². The molecule has 0 aromatic heterocycles. The van der Waals surface area contributed by atoms with Gasteiger partial charge in [-0.15, -0.1) is 4.33 Å². The summed E-state index contributed by atoms with van der Waals surface area (Å²) in [7, 11) is 0. The summed E-state index contributed by atoms with van der Waals surface area (Å²) >= 11 is 0.271. The summed E-state index contributed by atoms with van der Waals surface area (Å²) in [6.45, 7) is 0.801. The van der Waals surface area contributed by atoms with Crippen molar-refractivity contribution >= 4 is 12.0 Å². The first-order valence-electron chi connectivity index (χ1n) is 16.3. The molecule has 0 bridgehead atoms. The molecule has 0 aliphatic carbocycles. The number of rotatable bonds is 28. The van der Waals surface area contributed by atoms with Crippen molar-refractivity contribution in [3.63, 3.8) is 0 Å². The average molecular weight is 829 g/mol. The van der Waals surface area contributed by atoms with E-state index in [0.29, 0.717) is 18.9 Å². The molecule has 1 aromatic rings. The van der Waals surface area contributed by atoms with E-state index in [9.17, 15) is 70.2 Å². The molecule has 1 rings (SSSR count). The highest BCUT2D eigenvalue weighted by atomic mass is 32.2. The van der Waals surface area contributed by atoms with Gasteiger partial charge in [-0.25, -0.2) is 14.0 Å². The van der Waals surface area contributed by atoms with Crippen LogP contribution in [0.5, 0.6) is 11.5 Å². The monoisotopic (exact) mass is 828 g/mol. The van der Waals surface area contributed by atoms with Gasteiger partial charge < -0.3 is 9.47 Å². The Balaban J connectivity index is 3.38. The molecule has 0 radical (unpaired) electrons. The van der Waals surface area contributed by atoms with Gasteiger partial charge in [0.25, 0.3) is 0 Å². The van der Waals surface area contributed by atoms with Gasteiger partial charge >= 0.3 is 47.9 Å². The fourth-order valence-corrected chi connectivity index (χ4v) is 5.23. The predicted octanol–water partition coefficient (Wildman–Crippen LogP) is 12.9. The van der Waals surface area contributed by atoms with Gasteiger partial charge in [-0.2, -0.15) is 61.5 Å². The van der Waals surface area contributed by atoms with E-state index < -0.39 is 66.0 Å². The van der Waals surface area contributed by atoms with E-state index in [0.717, 1.165) is 76.3 Å². The highest BCUT2D eigenvalue weighted by Gasteiger charge is 2.93. The van der Waals surface area contributed by atoms with E-state index in [-0.39, 0.29) is 29.5 Å². The highest BCUT2D eigenvalue weighted by Crippen LogP contribution is 2.62. The molecule has 0 spiro atoms. The third-order valence-electron chi connectivity index (χ3n) is 8.12. The van der Waals surface area contributed by atoms with Crippen LogP contribution >= 0.6 is 12.0 Å². The van der Waals surface area contributed by atoms with Crippen LogP contribution in [0.2, 0.25) is 0 Å². The molecule has 0 aliphatic heterocycles. The lowest BCUT2D eigenvalue weighted by molar-refractivity contribution is -0.447. The first-order chi connectivity index (χ1) is 24.3. The maximum Gasteiger partial charge on any atom is 0.385 e. The summed E-state index contributed by atoms with van der Waals surface area (Å²) in [6, 6.07) is 2.53. The fraction of sp³-hybridized carbons (Fsp3) is 0.806. The summed E-state index contributed by atoms with van der Waals surface area (Å²) in [5.74, 6) is -57.1. The van der Waals surface area contributed by atoms with Crippen molar-refractivity contribution in [2.75, 3.05) is 13.2 Å². The Bertz CT molecular complexity index is 1220. The summed E-state index contributed by atoms with van der Waals surface area (Å²) in [6.07, 6.45) is 4.41. The number of benzene rings is 1. The predicted molar refractivity (Wildman–Crippen MR) is 159 cm³/mol. The van der Waals surface area contributed by atoms with Gasteiger partial charge in [0.1, 0.15) is 0 Å². The molecule has 0 heterocycles. The van der Waals surface area contributed by atoms with Gasteiger partial charge in [-0.05, 0) is 37.0 Å². The van der Waals surface area contributed by atoms with Crippen LogP contribution in [-0.2, 0) is 9.37 Å². The SMILES string of the molecule is CCCCCCCCC(CCCCCC)COc1cc(SOOO)ccc1OCC(F)(F)C(F)(F)C(F)(F)C(F)(F)C(F)(F)C(F)(F)C(F)(F)C(F)F. The normalized spacial score (nSPS) is 14.6. The van der Waals surface area contributed by atoms with Crippen LogP contribution in [-0.4, -0.2) is 66.4 Å². The zero-order chi connectivity index (χ0) is 40.9. The van der Waals surface area contributed by atoms with Crippen molar-refractivity contribution in [1.29, 1.82) is 0 Å². The van der Waals surface area contributed by atoms with Gasteiger partial charge in [0.2, 0.25) is 0 Å². The van der Waals surface area contributed by atoms with E-state index in [4.69, 9.17) is 9.99 Å². The van der Waals surface area contributed by atoms with Crippen LogP contribution in [0.3, 0.4) is 0 Å². The first kappa shape index (κ1) is 48.9. The summed E-state index contributed by atoms with van der Waals surface area (Å²) in [5.41, 5.74) is 0. The molecule has 312 valence electrons. The van der Waals surface area contributed by atoms with Crippen molar-refractivity contribution in [1.82, 2.24) is 0 Å². The van der Waals surface area contributed by atoms with Gasteiger partial charge in [0, 0.05) is 4.90 Å². The Labute approximate surface area is 299 Å². The maximum atomic E-state index is 14.6. The minimum atomic E-state index is -8.50. The standard InChI is InChI=1S/C31H40F16O5S/c1-3-5-7-9-10-12-14-20(13-11-8-6-4-2)18-49-23-17-21(53-52-51-48)15-16-22(23)50-19-25(34,35)27(38,39)29(42,43)31(46,47)30(44,45)28(40,41)26(36,37)24(32)33/h15-17,20,24,48H,3-14,18-19H2,1-2H3. The first-order valence-corrected chi connectivity index (χ1v) is 17.0. The molecular formula is C31H40F16O5S. The molecular weight excluding hydrogens is 788 g/mol. The molecule has 1 N–H and O–H groups in total. The molecule has 0 saturated heterocycles. The Hall–Kier alpha value is -2.07. The van der Waals surface area contributed by atoms with E-state index in [1.54, 1.807) is 0 Å². The van der Waals surface area contributed by atoms with Crippen LogP contribution in [0.1, 0.15) is 90.9 Å². The topological polar surface area (TPSA) is 57.2 Å². The fourth-order valence-electron chi connectivity index (χ4n) is 4.85. The van der Waals surface area contributed by atoms with Crippen LogP contribution in [0.4, 0.5) is 70.2 Å².